The number of nitrogens with one attached hydrogen (secondary N) is 1. The Morgan fingerprint density at radius 2 is 1.68 bits per heavy atom. The van der Waals surface area contributed by atoms with Gasteiger partial charge in [0.2, 0.25) is 17.8 Å². The second kappa shape index (κ2) is 11.5. The summed E-state index contributed by atoms with van der Waals surface area (Å²) < 4.78 is 15.8. The summed E-state index contributed by atoms with van der Waals surface area (Å²) in [7, 11) is 1.54. The number of carbonyl (C=O) groups excluding carboxylic acids is 1. The molecule has 0 saturated carbocycles. The number of hydrogen-bond donors (Lipinski definition) is 1. The molecule has 34 heavy (non-hydrogen) atoms. The van der Waals surface area contributed by atoms with Gasteiger partial charge >= 0.3 is 5.97 Å². The van der Waals surface area contributed by atoms with Gasteiger partial charge in [0.05, 0.1) is 19.9 Å². The molecule has 0 amide bonds. The second-order valence-corrected chi connectivity index (χ2v) is 8.02. The molecule has 0 atom stereocenters. The van der Waals surface area contributed by atoms with Crippen LogP contribution in [0.5, 0.6) is 11.5 Å². The lowest BCUT2D eigenvalue weighted by molar-refractivity contribution is -0.145. The summed E-state index contributed by atoms with van der Waals surface area (Å²) in [5, 5.41) is 4.32. The quantitative estimate of drug-likeness (QED) is 0.316. The minimum Gasteiger partial charge on any atom is -0.493 e. The number of carbonyl (C=O) groups is 1. The predicted octanol–water partition coefficient (Wildman–Crippen LogP) is 2.47. The Balaban J connectivity index is 1.45. The van der Waals surface area contributed by atoms with E-state index in [1.165, 1.54) is 7.11 Å². The van der Waals surface area contributed by atoms with Crippen molar-refractivity contribution < 1.29 is 19.0 Å². The molecule has 0 spiro atoms. The highest BCUT2D eigenvalue weighted by molar-refractivity contribution is 5.81. The molecule has 2 saturated heterocycles. The van der Waals surface area contributed by atoms with Gasteiger partial charge in [0.15, 0.2) is 18.1 Å². The number of methoxy groups -OCH3 is 1. The molecule has 0 radical (unpaired) electrons. The van der Waals surface area contributed by atoms with E-state index in [0.717, 1.165) is 57.4 Å². The minimum atomic E-state index is -0.432. The van der Waals surface area contributed by atoms with E-state index >= 15 is 0 Å². The fourth-order valence-electron chi connectivity index (χ4n) is 3.91. The van der Waals surface area contributed by atoms with E-state index in [2.05, 4.69) is 30.3 Å². The number of benzene rings is 1. The summed E-state index contributed by atoms with van der Waals surface area (Å²) >= 11 is 0. The Kier molecular flexibility index (Phi) is 7.95. The van der Waals surface area contributed by atoms with Crippen LogP contribution in [0.3, 0.4) is 0 Å². The SMILES string of the molecule is CCOC(=O)COc1ccc(C=NNc2nc(N3CCCC3)nc(N3CCCC3)n2)cc1OC. The van der Waals surface area contributed by atoms with E-state index in [1.54, 1.807) is 25.3 Å². The molecule has 0 bridgehead atoms. The number of anilines is 3. The van der Waals surface area contributed by atoms with Crippen LogP contribution in [-0.4, -0.2) is 73.6 Å². The van der Waals surface area contributed by atoms with E-state index in [1.807, 2.05) is 6.07 Å². The van der Waals surface area contributed by atoms with Crippen LogP contribution in [-0.2, 0) is 9.53 Å². The van der Waals surface area contributed by atoms with Gasteiger partial charge in [0, 0.05) is 26.2 Å². The van der Waals surface area contributed by atoms with Gasteiger partial charge in [-0.15, -0.1) is 0 Å². The van der Waals surface area contributed by atoms with Crippen molar-refractivity contribution in [2.24, 2.45) is 5.10 Å². The summed E-state index contributed by atoms with van der Waals surface area (Å²) in [5.74, 6) is 2.30. The lowest BCUT2D eigenvalue weighted by Crippen LogP contribution is -2.25. The summed E-state index contributed by atoms with van der Waals surface area (Å²) in [6, 6.07) is 5.30. The molecular formula is C23H31N7O4. The fourth-order valence-corrected chi connectivity index (χ4v) is 3.91. The number of esters is 1. The molecule has 1 N–H and O–H groups in total. The van der Waals surface area contributed by atoms with Crippen LogP contribution in [0, 0.1) is 0 Å². The summed E-state index contributed by atoms with van der Waals surface area (Å²) in [6.45, 7) is 5.69. The highest BCUT2D eigenvalue weighted by Gasteiger charge is 2.21. The van der Waals surface area contributed by atoms with Crippen molar-refractivity contribution in [1.82, 2.24) is 15.0 Å². The first-order valence-corrected chi connectivity index (χ1v) is 11.7. The van der Waals surface area contributed by atoms with Gasteiger partial charge in [-0.25, -0.2) is 10.2 Å². The Morgan fingerprint density at radius 3 is 2.26 bits per heavy atom. The molecule has 11 heteroatoms. The van der Waals surface area contributed by atoms with Crippen LogP contribution < -0.4 is 24.7 Å². The van der Waals surface area contributed by atoms with Crippen LogP contribution in [0.1, 0.15) is 38.2 Å². The third-order valence-corrected chi connectivity index (χ3v) is 5.61. The monoisotopic (exact) mass is 469 g/mol. The Hall–Kier alpha value is -3.63. The average Bonchev–Trinajstić information content (AvgIpc) is 3.58. The Bertz CT molecular complexity index is 971. The molecule has 182 valence electrons. The summed E-state index contributed by atoms with van der Waals surface area (Å²) in [6.07, 6.45) is 6.23. The molecule has 0 aliphatic carbocycles. The Morgan fingerprint density at radius 1 is 1.03 bits per heavy atom. The van der Waals surface area contributed by atoms with Crippen LogP contribution in [0.2, 0.25) is 0 Å². The highest BCUT2D eigenvalue weighted by Crippen LogP contribution is 2.28. The lowest BCUT2D eigenvalue weighted by atomic mass is 10.2. The largest absolute Gasteiger partial charge is 0.493 e. The molecule has 1 aromatic carbocycles. The molecule has 0 unspecified atom stereocenters. The maximum absolute atomic E-state index is 11.5. The van der Waals surface area contributed by atoms with Crippen molar-refractivity contribution in [3.63, 3.8) is 0 Å². The van der Waals surface area contributed by atoms with E-state index in [0.29, 0.717) is 36.0 Å². The van der Waals surface area contributed by atoms with Gasteiger partial charge in [-0.1, -0.05) is 0 Å². The molecule has 2 fully saturated rings. The first kappa shape index (κ1) is 23.5. The van der Waals surface area contributed by atoms with E-state index in [-0.39, 0.29) is 6.61 Å². The number of hydrazone groups is 1. The van der Waals surface area contributed by atoms with Crippen LogP contribution in [0.15, 0.2) is 23.3 Å². The second-order valence-electron chi connectivity index (χ2n) is 8.02. The normalized spacial score (nSPS) is 15.7. The zero-order chi connectivity index (χ0) is 23.8. The molecular weight excluding hydrogens is 438 g/mol. The first-order valence-electron chi connectivity index (χ1n) is 11.7. The zero-order valence-corrected chi connectivity index (χ0v) is 19.7. The molecule has 4 rings (SSSR count). The standard InChI is InChI=1S/C23H31N7O4/c1-3-33-20(31)16-34-18-9-8-17(14-19(18)32-2)15-24-28-21-25-22(29-10-4-5-11-29)27-23(26-21)30-12-6-7-13-30/h8-9,14-15H,3-7,10-13,16H2,1-2H3,(H,25,26,27,28). The number of rotatable bonds is 10. The molecule has 1 aromatic heterocycles. The first-order chi connectivity index (χ1) is 16.7. The van der Waals surface area contributed by atoms with Gasteiger partial charge < -0.3 is 24.0 Å². The Labute approximate surface area is 199 Å². The number of aromatic nitrogens is 3. The van der Waals surface area contributed by atoms with Crippen molar-refractivity contribution in [3.8, 4) is 11.5 Å². The van der Waals surface area contributed by atoms with Crippen molar-refractivity contribution in [1.29, 1.82) is 0 Å². The van der Waals surface area contributed by atoms with Crippen LogP contribution >= 0.6 is 0 Å². The maximum atomic E-state index is 11.5. The van der Waals surface area contributed by atoms with Crippen LogP contribution in [0.4, 0.5) is 17.8 Å². The van der Waals surface area contributed by atoms with Crippen LogP contribution in [0.25, 0.3) is 0 Å². The number of ether oxygens (including phenoxy) is 3. The highest BCUT2D eigenvalue weighted by atomic mass is 16.6. The van der Waals surface area contributed by atoms with E-state index in [9.17, 15) is 4.79 Å². The smallest absolute Gasteiger partial charge is 0.344 e. The predicted molar refractivity (Wildman–Crippen MR) is 129 cm³/mol. The molecule has 2 aliphatic heterocycles. The van der Waals surface area contributed by atoms with Crippen molar-refractivity contribution in [2.75, 3.05) is 61.7 Å². The summed E-state index contributed by atoms with van der Waals surface area (Å²) in [4.78, 5) is 29.8. The molecule has 3 heterocycles. The number of hydrogen-bond acceptors (Lipinski definition) is 11. The van der Waals surface area contributed by atoms with E-state index < -0.39 is 5.97 Å². The molecule has 2 aromatic rings. The van der Waals surface area contributed by atoms with Gasteiger partial charge in [-0.2, -0.15) is 20.1 Å². The number of nitrogens with zero attached hydrogens (tertiary/aromatic N) is 6. The fraction of sp³-hybridized carbons (Fsp3) is 0.522. The topological polar surface area (TPSA) is 114 Å². The van der Waals surface area contributed by atoms with E-state index in [4.69, 9.17) is 19.2 Å². The van der Waals surface area contributed by atoms with Crippen molar-refractivity contribution in [3.05, 3.63) is 23.8 Å². The minimum absolute atomic E-state index is 0.183. The van der Waals surface area contributed by atoms with Gasteiger partial charge in [-0.3, -0.25) is 0 Å². The third-order valence-electron chi connectivity index (χ3n) is 5.61. The molecule has 2 aliphatic rings. The third kappa shape index (κ3) is 6.03. The summed E-state index contributed by atoms with van der Waals surface area (Å²) in [5.41, 5.74) is 3.73. The molecule has 11 nitrogen and oxygen atoms in total. The van der Waals surface area contributed by atoms with Gasteiger partial charge in [-0.05, 0) is 56.4 Å². The maximum Gasteiger partial charge on any atom is 0.344 e. The van der Waals surface area contributed by atoms with Gasteiger partial charge in [0.25, 0.3) is 0 Å². The van der Waals surface area contributed by atoms with Gasteiger partial charge in [0.1, 0.15) is 0 Å². The average molecular weight is 470 g/mol. The lowest BCUT2D eigenvalue weighted by Gasteiger charge is -2.20. The van der Waals surface area contributed by atoms with Crippen molar-refractivity contribution in [2.45, 2.75) is 32.6 Å². The zero-order valence-electron chi connectivity index (χ0n) is 19.7. The van der Waals surface area contributed by atoms with Crippen molar-refractivity contribution >= 4 is 30.0 Å².